The van der Waals surface area contributed by atoms with Crippen LogP contribution >= 0.6 is 11.3 Å². The zero-order valence-corrected chi connectivity index (χ0v) is 21.4. The van der Waals surface area contributed by atoms with E-state index in [-0.39, 0.29) is 5.56 Å². The van der Waals surface area contributed by atoms with E-state index in [2.05, 4.69) is 22.9 Å². The lowest BCUT2D eigenvalue weighted by atomic mass is 10.2. The molecule has 5 aromatic rings. The van der Waals surface area contributed by atoms with Crippen LogP contribution in [0.1, 0.15) is 24.0 Å². The van der Waals surface area contributed by atoms with E-state index in [4.69, 9.17) is 9.72 Å². The third kappa shape index (κ3) is 3.91. The van der Waals surface area contributed by atoms with Crippen LogP contribution in [-0.4, -0.2) is 25.5 Å². The maximum absolute atomic E-state index is 13.6. The lowest BCUT2D eigenvalue weighted by Crippen LogP contribution is -2.21. The van der Waals surface area contributed by atoms with Gasteiger partial charge in [-0.25, -0.2) is 9.67 Å². The molecular formula is C28H28N4O2S. The van der Waals surface area contributed by atoms with Crippen LogP contribution < -0.4 is 10.3 Å². The summed E-state index contributed by atoms with van der Waals surface area (Å²) in [6, 6.07) is 19.9. The summed E-state index contributed by atoms with van der Waals surface area (Å²) in [6.07, 6.45) is 0. The number of ether oxygens (including phenoxy) is 1. The lowest BCUT2D eigenvalue weighted by Gasteiger charge is -2.08. The quantitative estimate of drug-likeness (QED) is 0.293. The highest BCUT2D eigenvalue weighted by atomic mass is 32.1. The second-order valence-electron chi connectivity index (χ2n) is 8.53. The van der Waals surface area contributed by atoms with E-state index >= 15 is 0 Å². The maximum Gasteiger partial charge on any atom is 0.295 e. The molecule has 0 radical (unpaired) electrons. The first kappa shape index (κ1) is 22.9. The van der Waals surface area contributed by atoms with Crippen molar-refractivity contribution in [2.75, 3.05) is 6.61 Å². The van der Waals surface area contributed by atoms with Gasteiger partial charge in [0.15, 0.2) is 0 Å². The van der Waals surface area contributed by atoms with Gasteiger partial charge in [0.2, 0.25) is 0 Å². The van der Waals surface area contributed by atoms with Gasteiger partial charge in [0.1, 0.15) is 16.4 Å². The predicted molar refractivity (Wildman–Crippen MR) is 142 cm³/mol. The number of para-hydroxylation sites is 1. The van der Waals surface area contributed by atoms with Crippen molar-refractivity contribution in [2.24, 2.45) is 7.05 Å². The fourth-order valence-corrected chi connectivity index (χ4v) is 5.39. The van der Waals surface area contributed by atoms with Gasteiger partial charge in [-0.3, -0.25) is 9.48 Å². The minimum atomic E-state index is -0.0436. The first-order valence-corrected chi connectivity index (χ1v) is 12.5. The molecule has 35 heavy (non-hydrogen) atoms. The summed E-state index contributed by atoms with van der Waals surface area (Å²) >= 11 is 1.62. The highest BCUT2D eigenvalue weighted by Gasteiger charge is 2.23. The first-order valence-electron chi connectivity index (χ1n) is 11.6. The van der Waals surface area contributed by atoms with Crippen molar-refractivity contribution < 1.29 is 4.74 Å². The van der Waals surface area contributed by atoms with Crippen molar-refractivity contribution in [1.82, 2.24) is 18.9 Å². The van der Waals surface area contributed by atoms with Gasteiger partial charge in [-0.1, -0.05) is 18.2 Å². The largest absolute Gasteiger partial charge is 0.494 e. The maximum atomic E-state index is 13.6. The summed E-state index contributed by atoms with van der Waals surface area (Å²) in [5.41, 5.74) is 7.37. The van der Waals surface area contributed by atoms with Crippen LogP contribution in [0, 0.1) is 20.8 Å². The first-order chi connectivity index (χ1) is 16.9. The van der Waals surface area contributed by atoms with Crippen molar-refractivity contribution in [3.05, 3.63) is 93.5 Å². The zero-order valence-electron chi connectivity index (χ0n) is 20.6. The Morgan fingerprint density at radius 3 is 2.37 bits per heavy atom. The summed E-state index contributed by atoms with van der Waals surface area (Å²) in [6.45, 7) is 8.70. The molecule has 0 aliphatic heterocycles. The molecule has 0 saturated heterocycles. The monoisotopic (exact) mass is 484 g/mol. The molecule has 0 aliphatic rings. The molecule has 0 saturated carbocycles. The summed E-state index contributed by atoms with van der Waals surface area (Å²) in [4.78, 5) is 18.5. The Hall–Kier alpha value is -3.84. The van der Waals surface area contributed by atoms with Gasteiger partial charge < -0.3 is 9.30 Å². The molecule has 6 nitrogen and oxygen atoms in total. The Kier molecular flexibility index (Phi) is 5.94. The molecule has 5 rings (SSSR count). The van der Waals surface area contributed by atoms with E-state index in [1.165, 1.54) is 0 Å². The van der Waals surface area contributed by atoms with E-state index in [9.17, 15) is 4.79 Å². The molecule has 0 atom stereocenters. The van der Waals surface area contributed by atoms with E-state index in [0.717, 1.165) is 50.3 Å². The number of aryl methyl sites for hydroxylation is 1. The molecule has 2 aromatic carbocycles. The molecule has 0 spiro atoms. The van der Waals surface area contributed by atoms with Crippen LogP contribution in [0.2, 0.25) is 0 Å². The smallest absolute Gasteiger partial charge is 0.295 e. The summed E-state index contributed by atoms with van der Waals surface area (Å²) in [7, 11) is 1.92. The molecule has 0 unspecified atom stereocenters. The van der Waals surface area contributed by atoms with E-state index < -0.39 is 0 Å². The molecule has 0 fully saturated rings. The number of hydrogen-bond acceptors (Lipinski definition) is 4. The third-order valence-corrected chi connectivity index (χ3v) is 7.26. The average Bonchev–Trinajstić information content (AvgIpc) is 3.51. The van der Waals surface area contributed by atoms with E-state index in [1.54, 1.807) is 16.0 Å². The number of nitrogens with zero attached hydrogens (tertiary/aromatic N) is 4. The Labute approximate surface area is 208 Å². The molecule has 0 aliphatic carbocycles. The third-order valence-electron chi connectivity index (χ3n) is 6.37. The molecule has 3 heterocycles. The SMILES string of the molecule is CCOc1ccc(-c2nc(-c3cc(C)n(-c4c(C)n(C)n(-c5ccccc5)c4=O)c3C)cs2)cc1. The number of aromatic nitrogens is 4. The molecule has 0 bridgehead atoms. The Balaban J connectivity index is 1.56. The molecule has 7 heteroatoms. The second-order valence-corrected chi connectivity index (χ2v) is 9.38. The second kappa shape index (κ2) is 9.07. The van der Waals surface area contributed by atoms with Crippen molar-refractivity contribution in [2.45, 2.75) is 27.7 Å². The van der Waals surface area contributed by atoms with Crippen molar-refractivity contribution in [3.63, 3.8) is 0 Å². The van der Waals surface area contributed by atoms with Gasteiger partial charge in [0.05, 0.1) is 23.7 Å². The molecule has 0 N–H and O–H groups in total. The van der Waals surface area contributed by atoms with Crippen molar-refractivity contribution in [1.29, 1.82) is 0 Å². The van der Waals surface area contributed by atoms with Crippen LogP contribution in [-0.2, 0) is 7.05 Å². The van der Waals surface area contributed by atoms with Gasteiger partial charge in [0.25, 0.3) is 5.56 Å². The summed E-state index contributed by atoms with van der Waals surface area (Å²) < 4.78 is 11.2. The molecular weight excluding hydrogens is 456 g/mol. The van der Waals surface area contributed by atoms with Gasteiger partial charge in [0, 0.05) is 34.9 Å². The fourth-order valence-electron chi connectivity index (χ4n) is 4.57. The highest BCUT2D eigenvalue weighted by molar-refractivity contribution is 7.13. The van der Waals surface area contributed by atoms with Gasteiger partial charge in [-0.05, 0) is 70.2 Å². The van der Waals surface area contributed by atoms with Crippen molar-refractivity contribution in [3.8, 4) is 39.0 Å². The van der Waals surface area contributed by atoms with E-state index in [1.807, 2.05) is 87.1 Å². The zero-order chi connectivity index (χ0) is 24.7. The fraction of sp³-hybridized carbons (Fsp3) is 0.214. The predicted octanol–water partition coefficient (Wildman–Crippen LogP) is 6.08. The summed E-state index contributed by atoms with van der Waals surface area (Å²) in [5, 5.41) is 3.04. The van der Waals surface area contributed by atoms with Crippen LogP contribution in [0.15, 0.2) is 70.8 Å². The summed E-state index contributed by atoms with van der Waals surface area (Å²) in [5.74, 6) is 0.857. The standard InChI is InChI=1S/C28H28N4O2S/c1-6-34-23-14-12-21(13-15-23)27-29-25(17-35-27)24-16-18(2)31(19(24)3)26-20(4)30(5)32(28(26)33)22-10-8-7-9-11-22/h7-17H,6H2,1-5H3. The molecule has 0 amide bonds. The van der Waals surface area contributed by atoms with Crippen LogP contribution in [0.3, 0.4) is 0 Å². The Morgan fingerprint density at radius 2 is 1.69 bits per heavy atom. The topological polar surface area (TPSA) is 54.0 Å². The number of rotatable bonds is 6. The Morgan fingerprint density at radius 1 is 0.971 bits per heavy atom. The molecule has 3 aromatic heterocycles. The normalized spacial score (nSPS) is 11.2. The van der Waals surface area contributed by atoms with Crippen LogP contribution in [0.25, 0.3) is 33.2 Å². The highest BCUT2D eigenvalue weighted by Crippen LogP contribution is 2.34. The van der Waals surface area contributed by atoms with Gasteiger partial charge >= 0.3 is 0 Å². The molecule has 178 valence electrons. The lowest BCUT2D eigenvalue weighted by molar-refractivity contribution is 0.340. The number of benzene rings is 2. The van der Waals surface area contributed by atoms with E-state index in [0.29, 0.717) is 12.3 Å². The van der Waals surface area contributed by atoms with Gasteiger partial charge in [-0.15, -0.1) is 11.3 Å². The van der Waals surface area contributed by atoms with Crippen LogP contribution in [0.4, 0.5) is 0 Å². The van der Waals surface area contributed by atoms with Crippen molar-refractivity contribution >= 4 is 11.3 Å². The number of thiazole rings is 1. The van der Waals surface area contributed by atoms with Crippen LogP contribution in [0.5, 0.6) is 5.75 Å². The average molecular weight is 485 g/mol. The minimum absolute atomic E-state index is 0.0436. The Bertz CT molecular complexity index is 1550. The number of hydrogen-bond donors (Lipinski definition) is 0. The van der Waals surface area contributed by atoms with Gasteiger partial charge in [-0.2, -0.15) is 0 Å². The minimum Gasteiger partial charge on any atom is -0.494 e.